The number of esters is 1. The number of methoxy groups -OCH3 is 1. The molecular weight excluding hydrogens is 369 g/mol. The maximum atomic E-state index is 13.1. The Morgan fingerprint density at radius 2 is 2.00 bits per heavy atom. The number of amides is 1. The average Bonchev–Trinajstić information content (AvgIpc) is 3.31. The minimum atomic E-state index is -4.46. The number of aryl methyl sites for hydroxylation is 1. The smallest absolute Gasteiger partial charge is 0.416 e. The molecule has 0 radical (unpaired) electrons. The monoisotopic (exact) mass is 384 g/mol. The lowest BCUT2D eigenvalue weighted by molar-refractivity contribution is -0.138. The van der Waals surface area contributed by atoms with Gasteiger partial charge in [-0.3, -0.25) is 4.79 Å². The molecule has 0 aliphatic heterocycles. The second-order valence-corrected chi connectivity index (χ2v) is 6.95. The molecule has 2 atom stereocenters. The largest absolute Gasteiger partial charge is 0.465 e. The zero-order chi connectivity index (χ0) is 19.1. The molecule has 1 aliphatic carbocycles. The third kappa shape index (κ3) is 3.57. The first-order valence-electron chi connectivity index (χ1n) is 7.75. The quantitative estimate of drug-likeness (QED) is 0.809. The normalized spacial score (nSPS) is 19.1. The van der Waals surface area contributed by atoms with Crippen LogP contribution < -0.4 is 5.32 Å². The SMILES string of the molecule is COC(=O)c1sc(NC(=O)[C@@H]2C[C@H]2c2ccccc2C(F)(F)F)nc1C. The molecule has 0 unspecified atom stereocenters. The van der Waals surface area contributed by atoms with E-state index in [1.807, 2.05) is 0 Å². The maximum absolute atomic E-state index is 13.1. The summed E-state index contributed by atoms with van der Waals surface area (Å²) in [7, 11) is 1.24. The molecule has 26 heavy (non-hydrogen) atoms. The summed E-state index contributed by atoms with van der Waals surface area (Å²) in [5.41, 5.74) is -0.156. The van der Waals surface area contributed by atoms with Crippen LogP contribution in [0.4, 0.5) is 18.3 Å². The summed E-state index contributed by atoms with van der Waals surface area (Å²) in [6.07, 6.45) is -4.12. The van der Waals surface area contributed by atoms with Gasteiger partial charge in [-0.05, 0) is 30.9 Å². The van der Waals surface area contributed by atoms with Crippen molar-refractivity contribution in [2.75, 3.05) is 12.4 Å². The van der Waals surface area contributed by atoms with E-state index in [-0.39, 0.29) is 15.6 Å². The lowest BCUT2D eigenvalue weighted by atomic mass is 10.0. The molecule has 1 aromatic heterocycles. The number of rotatable bonds is 4. The number of carbonyl (C=O) groups excluding carboxylic acids is 2. The lowest BCUT2D eigenvalue weighted by Crippen LogP contribution is -2.15. The second kappa shape index (κ2) is 6.71. The minimum absolute atomic E-state index is 0.130. The van der Waals surface area contributed by atoms with E-state index in [0.29, 0.717) is 12.1 Å². The van der Waals surface area contributed by atoms with Gasteiger partial charge in [0.2, 0.25) is 5.91 Å². The molecule has 1 saturated carbocycles. The van der Waals surface area contributed by atoms with Gasteiger partial charge in [0.25, 0.3) is 0 Å². The van der Waals surface area contributed by atoms with E-state index in [2.05, 4.69) is 15.0 Å². The van der Waals surface area contributed by atoms with Gasteiger partial charge < -0.3 is 10.1 Å². The van der Waals surface area contributed by atoms with Crippen molar-refractivity contribution in [3.8, 4) is 0 Å². The number of hydrogen-bond acceptors (Lipinski definition) is 5. The summed E-state index contributed by atoms with van der Waals surface area (Å²) in [5, 5.41) is 2.81. The highest BCUT2D eigenvalue weighted by molar-refractivity contribution is 7.17. The highest BCUT2D eigenvalue weighted by Crippen LogP contribution is 2.51. The van der Waals surface area contributed by atoms with E-state index in [9.17, 15) is 22.8 Å². The van der Waals surface area contributed by atoms with Gasteiger partial charge in [0.15, 0.2) is 5.13 Å². The van der Waals surface area contributed by atoms with Crippen LogP contribution in [0.25, 0.3) is 0 Å². The van der Waals surface area contributed by atoms with Crippen LogP contribution in [0.15, 0.2) is 24.3 Å². The van der Waals surface area contributed by atoms with Crippen LogP contribution in [-0.4, -0.2) is 24.0 Å². The zero-order valence-corrected chi connectivity index (χ0v) is 14.7. The van der Waals surface area contributed by atoms with E-state index >= 15 is 0 Å². The van der Waals surface area contributed by atoms with E-state index in [0.717, 1.165) is 17.4 Å². The van der Waals surface area contributed by atoms with E-state index in [1.54, 1.807) is 6.92 Å². The van der Waals surface area contributed by atoms with Gasteiger partial charge in [-0.2, -0.15) is 13.2 Å². The number of benzene rings is 1. The Morgan fingerprint density at radius 3 is 2.65 bits per heavy atom. The fourth-order valence-electron chi connectivity index (χ4n) is 2.84. The first-order valence-corrected chi connectivity index (χ1v) is 8.56. The average molecular weight is 384 g/mol. The Labute approximate surface area is 151 Å². The molecule has 0 spiro atoms. The number of ether oxygens (including phenoxy) is 1. The number of hydrogen-bond donors (Lipinski definition) is 1. The van der Waals surface area contributed by atoms with E-state index < -0.39 is 35.5 Å². The first kappa shape index (κ1) is 18.4. The molecule has 3 rings (SSSR count). The topological polar surface area (TPSA) is 68.3 Å². The van der Waals surface area contributed by atoms with Gasteiger partial charge in [0, 0.05) is 5.92 Å². The molecule has 5 nitrogen and oxygen atoms in total. The number of nitrogens with zero attached hydrogens (tertiary/aromatic N) is 1. The molecule has 1 N–H and O–H groups in total. The van der Waals surface area contributed by atoms with Crippen molar-refractivity contribution in [2.24, 2.45) is 5.92 Å². The van der Waals surface area contributed by atoms with Crippen LogP contribution in [-0.2, 0) is 15.7 Å². The standard InChI is InChI=1S/C17H15F3N2O3S/c1-8-13(15(24)25-2)26-16(21-8)22-14(23)11-7-10(11)9-5-3-4-6-12(9)17(18,19)20/h3-6,10-11H,7H2,1-2H3,(H,21,22,23)/t10-,11+/m0/s1. The highest BCUT2D eigenvalue weighted by Gasteiger charge is 2.48. The summed E-state index contributed by atoms with van der Waals surface area (Å²) >= 11 is 0.973. The maximum Gasteiger partial charge on any atom is 0.416 e. The van der Waals surface area contributed by atoms with Gasteiger partial charge in [0.05, 0.1) is 18.4 Å². The second-order valence-electron chi connectivity index (χ2n) is 5.95. The highest BCUT2D eigenvalue weighted by atomic mass is 32.1. The van der Waals surface area contributed by atoms with Crippen LogP contribution in [0.2, 0.25) is 0 Å². The molecule has 0 saturated heterocycles. The third-order valence-corrected chi connectivity index (χ3v) is 5.24. The fraction of sp³-hybridized carbons (Fsp3) is 0.353. The van der Waals surface area contributed by atoms with Crippen molar-refractivity contribution in [1.29, 1.82) is 0 Å². The minimum Gasteiger partial charge on any atom is -0.465 e. The van der Waals surface area contributed by atoms with Crippen LogP contribution in [0.1, 0.15) is 38.8 Å². The van der Waals surface area contributed by atoms with Crippen molar-refractivity contribution < 1.29 is 27.5 Å². The summed E-state index contributed by atoms with van der Waals surface area (Å²) in [6.45, 7) is 1.61. The van der Waals surface area contributed by atoms with Gasteiger partial charge in [-0.15, -0.1) is 0 Å². The molecule has 138 valence electrons. The van der Waals surface area contributed by atoms with Gasteiger partial charge in [-0.25, -0.2) is 9.78 Å². The van der Waals surface area contributed by atoms with E-state index in [4.69, 9.17) is 0 Å². The number of nitrogens with one attached hydrogen (secondary N) is 1. The Morgan fingerprint density at radius 1 is 1.31 bits per heavy atom. The predicted molar refractivity (Wildman–Crippen MR) is 89.1 cm³/mol. The summed E-state index contributed by atoms with van der Waals surface area (Å²) in [4.78, 5) is 28.3. The van der Waals surface area contributed by atoms with Crippen LogP contribution in [0.3, 0.4) is 0 Å². The molecule has 1 amide bonds. The third-order valence-electron chi connectivity index (χ3n) is 4.19. The first-order chi connectivity index (χ1) is 12.2. The Kier molecular flexibility index (Phi) is 4.74. The van der Waals surface area contributed by atoms with Gasteiger partial charge in [-0.1, -0.05) is 29.5 Å². The molecule has 1 aromatic carbocycles. The molecular formula is C17H15F3N2O3S. The number of anilines is 1. The molecule has 1 aliphatic rings. The summed E-state index contributed by atoms with van der Waals surface area (Å²) in [5.74, 6) is -1.99. The summed E-state index contributed by atoms with van der Waals surface area (Å²) in [6, 6.07) is 5.29. The van der Waals surface area contributed by atoms with Gasteiger partial charge in [0.1, 0.15) is 4.88 Å². The van der Waals surface area contributed by atoms with Crippen molar-refractivity contribution >= 4 is 28.3 Å². The zero-order valence-electron chi connectivity index (χ0n) is 13.9. The van der Waals surface area contributed by atoms with Crippen LogP contribution >= 0.6 is 11.3 Å². The van der Waals surface area contributed by atoms with Crippen LogP contribution in [0.5, 0.6) is 0 Å². The number of carbonyl (C=O) groups is 2. The Hall–Kier alpha value is -2.42. The number of thiazole rings is 1. The summed E-state index contributed by atoms with van der Waals surface area (Å²) < 4.78 is 44.0. The van der Waals surface area contributed by atoms with Crippen molar-refractivity contribution in [2.45, 2.75) is 25.4 Å². The fourth-order valence-corrected chi connectivity index (χ4v) is 3.72. The number of alkyl halides is 3. The van der Waals surface area contributed by atoms with Crippen molar-refractivity contribution in [1.82, 2.24) is 4.98 Å². The lowest BCUT2D eigenvalue weighted by Gasteiger charge is -2.12. The van der Waals surface area contributed by atoms with E-state index in [1.165, 1.54) is 25.3 Å². The number of aromatic nitrogens is 1. The molecule has 1 fully saturated rings. The molecule has 0 bridgehead atoms. The molecule has 9 heteroatoms. The van der Waals surface area contributed by atoms with Gasteiger partial charge >= 0.3 is 12.1 Å². The Bertz CT molecular complexity index is 863. The predicted octanol–water partition coefficient (Wildman–Crippen LogP) is 4.00. The molecule has 1 heterocycles. The van der Waals surface area contributed by atoms with Crippen molar-refractivity contribution in [3.05, 3.63) is 46.0 Å². The Balaban J connectivity index is 1.72. The van der Waals surface area contributed by atoms with Crippen molar-refractivity contribution in [3.63, 3.8) is 0 Å². The number of halogens is 3. The van der Waals surface area contributed by atoms with Crippen LogP contribution in [0, 0.1) is 12.8 Å². The molecule has 2 aromatic rings.